The number of hydrogen-bond donors (Lipinski definition) is 0. The number of rotatable bonds is 7. The van der Waals surface area contributed by atoms with Crippen LogP contribution >= 0.6 is 11.8 Å². The molecule has 1 atom stereocenters. The molecule has 3 rings (SSSR count). The minimum Gasteiger partial charge on any atom is -0.341 e. The smallest absolute Gasteiger partial charge is 0.232 e. The molecule has 0 bridgehead atoms. The minimum absolute atomic E-state index is 0.0796. The van der Waals surface area contributed by atoms with Gasteiger partial charge in [-0.1, -0.05) is 30.3 Å². The molecule has 1 amide bonds. The summed E-state index contributed by atoms with van der Waals surface area (Å²) < 4.78 is 25.4. The second-order valence-electron chi connectivity index (χ2n) is 7.38. The molecule has 28 heavy (non-hydrogen) atoms. The Morgan fingerprint density at radius 3 is 2.64 bits per heavy atom. The molecule has 152 valence electrons. The van der Waals surface area contributed by atoms with Crippen LogP contribution < -0.4 is 0 Å². The number of hydrogen-bond acceptors (Lipinski definition) is 5. The zero-order valence-corrected chi connectivity index (χ0v) is 18.2. The van der Waals surface area contributed by atoms with E-state index in [0.29, 0.717) is 18.7 Å². The fraction of sp³-hybridized carbons (Fsp3) is 0.500. The van der Waals surface area contributed by atoms with Gasteiger partial charge in [0.05, 0.1) is 29.0 Å². The Labute approximate surface area is 171 Å². The first kappa shape index (κ1) is 20.9. The van der Waals surface area contributed by atoms with Gasteiger partial charge in [-0.2, -0.15) is 5.10 Å². The van der Waals surface area contributed by atoms with Crippen molar-refractivity contribution in [3.05, 3.63) is 52.8 Å². The second kappa shape index (κ2) is 8.69. The topological polar surface area (TPSA) is 72.3 Å². The van der Waals surface area contributed by atoms with E-state index in [1.54, 1.807) is 16.7 Å². The summed E-state index contributed by atoms with van der Waals surface area (Å²) in [5.74, 6) is 1.70. The van der Waals surface area contributed by atoms with E-state index >= 15 is 0 Å². The highest BCUT2D eigenvalue weighted by molar-refractivity contribution is 7.99. The lowest BCUT2D eigenvalue weighted by molar-refractivity contribution is -0.127. The Hall–Kier alpha value is -1.80. The van der Waals surface area contributed by atoms with Crippen LogP contribution in [0.15, 0.2) is 30.3 Å². The molecule has 6 nitrogen and oxygen atoms in total. The number of sulfone groups is 1. The highest BCUT2D eigenvalue weighted by atomic mass is 32.2. The largest absolute Gasteiger partial charge is 0.341 e. The van der Waals surface area contributed by atoms with Crippen LogP contribution in [0.25, 0.3) is 0 Å². The molecular weight excluding hydrogens is 394 g/mol. The zero-order valence-electron chi connectivity index (χ0n) is 16.6. The zero-order chi connectivity index (χ0) is 20.3. The number of benzene rings is 1. The maximum Gasteiger partial charge on any atom is 0.232 e. The first-order valence-electron chi connectivity index (χ1n) is 9.37. The SMILES string of the molecule is Cc1nn([C@H]2CCS(=O)(=O)C2)c(C)c1CN(C)C(=O)CSCc1ccccc1. The van der Waals surface area contributed by atoms with Crippen molar-refractivity contribution in [1.29, 1.82) is 0 Å². The van der Waals surface area contributed by atoms with Crippen LogP contribution in [0.5, 0.6) is 0 Å². The summed E-state index contributed by atoms with van der Waals surface area (Å²) in [7, 11) is -1.15. The number of nitrogens with zero attached hydrogens (tertiary/aromatic N) is 3. The molecular formula is C20H27N3O3S2. The molecule has 0 N–H and O–H groups in total. The van der Waals surface area contributed by atoms with Gasteiger partial charge in [0, 0.05) is 30.6 Å². The molecule has 8 heteroatoms. The standard InChI is InChI=1S/C20H27N3O3S2/c1-15-19(16(2)23(21-15)18-9-10-28(25,26)14-18)11-22(3)20(24)13-27-12-17-7-5-4-6-8-17/h4-8,18H,9-14H2,1-3H3/t18-/m0/s1. The first-order valence-corrected chi connectivity index (χ1v) is 12.3. The highest BCUT2D eigenvalue weighted by Crippen LogP contribution is 2.27. The molecule has 1 aromatic carbocycles. The number of carbonyl (C=O) groups is 1. The van der Waals surface area contributed by atoms with Gasteiger partial charge in [0.1, 0.15) is 0 Å². The third-order valence-electron chi connectivity index (χ3n) is 5.19. The van der Waals surface area contributed by atoms with E-state index < -0.39 is 9.84 Å². The number of thioether (sulfide) groups is 1. The fourth-order valence-corrected chi connectivity index (χ4v) is 6.13. The summed E-state index contributed by atoms with van der Waals surface area (Å²) in [5.41, 5.74) is 4.03. The lowest BCUT2D eigenvalue weighted by atomic mass is 10.1. The predicted octanol–water partition coefficient (Wildman–Crippen LogP) is 2.75. The van der Waals surface area contributed by atoms with Gasteiger partial charge < -0.3 is 4.90 Å². The minimum atomic E-state index is -2.96. The number of carbonyl (C=O) groups excluding carboxylic acids is 1. The van der Waals surface area contributed by atoms with Gasteiger partial charge in [0.2, 0.25) is 5.91 Å². The van der Waals surface area contributed by atoms with E-state index in [-0.39, 0.29) is 23.5 Å². The Balaban J connectivity index is 1.59. The van der Waals surface area contributed by atoms with Crippen LogP contribution in [0.4, 0.5) is 0 Å². The first-order chi connectivity index (χ1) is 13.3. The molecule has 1 fully saturated rings. The molecule has 0 aliphatic carbocycles. The summed E-state index contributed by atoms with van der Waals surface area (Å²) in [6.45, 7) is 4.37. The fourth-order valence-electron chi connectivity index (χ4n) is 3.52. The highest BCUT2D eigenvalue weighted by Gasteiger charge is 2.31. The third-order valence-corrected chi connectivity index (χ3v) is 7.93. The number of aromatic nitrogens is 2. The van der Waals surface area contributed by atoms with Gasteiger partial charge in [-0.15, -0.1) is 11.8 Å². The van der Waals surface area contributed by atoms with Crippen molar-refractivity contribution in [3.8, 4) is 0 Å². The lowest BCUT2D eigenvalue weighted by Crippen LogP contribution is -2.28. The summed E-state index contributed by atoms with van der Waals surface area (Å²) in [6, 6.07) is 10.0. The van der Waals surface area contributed by atoms with Crippen molar-refractivity contribution < 1.29 is 13.2 Å². The summed E-state index contributed by atoms with van der Waals surface area (Å²) in [5, 5.41) is 4.58. The summed E-state index contributed by atoms with van der Waals surface area (Å²) >= 11 is 1.61. The van der Waals surface area contributed by atoms with Crippen molar-refractivity contribution in [2.45, 2.75) is 38.6 Å². The van der Waals surface area contributed by atoms with Gasteiger partial charge in [-0.3, -0.25) is 9.48 Å². The molecule has 2 heterocycles. The third kappa shape index (κ3) is 4.97. The average Bonchev–Trinajstić information content (AvgIpc) is 3.15. The maximum atomic E-state index is 12.5. The second-order valence-corrected chi connectivity index (χ2v) is 10.6. The normalized spacial score (nSPS) is 18.3. The van der Waals surface area contributed by atoms with Crippen LogP contribution in [0, 0.1) is 13.8 Å². The maximum absolute atomic E-state index is 12.5. The average molecular weight is 422 g/mol. The van der Waals surface area contributed by atoms with Crippen LogP contribution in [0.3, 0.4) is 0 Å². The van der Waals surface area contributed by atoms with E-state index in [1.807, 2.05) is 43.8 Å². The monoisotopic (exact) mass is 421 g/mol. The van der Waals surface area contributed by atoms with E-state index in [1.165, 1.54) is 5.56 Å². The molecule has 0 unspecified atom stereocenters. The van der Waals surface area contributed by atoms with Crippen molar-refractivity contribution in [3.63, 3.8) is 0 Å². The summed E-state index contributed by atoms with van der Waals surface area (Å²) in [4.78, 5) is 14.2. The van der Waals surface area contributed by atoms with E-state index in [4.69, 9.17) is 0 Å². The van der Waals surface area contributed by atoms with E-state index in [0.717, 1.165) is 22.7 Å². The number of aryl methyl sites for hydroxylation is 1. The van der Waals surface area contributed by atoms with Gasteiger partial charge in [-0.05, 0) is 25.8 Å². The summed E-state index contributed by atoms with van der Waals surface area (Å²) in [6.07, 6.45) is 0.606. The molecule has 1 aromatic heterocycles. The van der Waals surface area contributed by atoms with Gasteiger partial charge >= 0.3 is 0 Å². The Kier molecular flexibility index (Phi) is 6.50. The van der Waals surface area contributed by atoms with E-state index in [9.17, 15) is 13.2 Å². The van der Waals surface area contributed by atoms with Crippen LogP contribution in [0.1, 0.15) is 35.0 Å². The van der Waals surface area contributed by atoms with E-state index in [2.05, 4.69) is 17.2 Å². The molecule has 0 spiro atoms. The molecule has 0 radical (unpaired) electrons. The Morgan fingerprint density at radius 2 is 2.00 bits per heavy atom. The molecule has 2 aromatic rings. The molecule has 0 saturated carbocycles. The van der Waals surface area contributed by atoms with Crippen LogP contribution in [-0.2, 0) is 26.9 Å². The predicted molar refractivity (Wildman–Crippen MR) is 113 cm³/mol. The van der Waals surface area contributed by atoms with Crippen molar-refractivity contribution in [2.24, 2.45) is 0 Å². The quantitative estimate of drug-likeness (QED) is 0.687. The lowest BCUT2D eigenvalue weighted by Gasteiger charge is -2.18. The van der Waals surface area contributed by atoms with Crippen molar-refractivity contribution in [2.75, 3.05) is 24.3 Å². The van der Waals surface area contributed by atoms with Crippen LogP contribution in [-0.4, -0.2) is 53.3 Å². The van der Waals surface area contributed by atoms with Crippen molar-refractivity contribution >= 4 is 27.5 Å². The Bertz CT molecular complexity index is 939. The molecule has 1 saturated heterocycles. The number of amides is 1. The van der Waals surface area contributed by atoms with Gasteiger partial charge in [0.25, 0.3) is 0 Å². The molecule has 1 aliphatic heterocycles. The Morgan fingerprint density at radius 1 is 1.29 bits per heavy atom. The molecule has 1 aliphatic rings. The van der Waals surface area contributed by atoms with Crippen LogP contribution in [0.2, 0.25) is 0 Å². The van der Waals surface area contributed by atoms with Gasteiger partial charge in [-0.25, -0.2) is 8.42 Å². The van der Waals surface area contributed by atoms with Crippen molar-refractivity contribution in [1.82, 2.24) is 14.7 Å². The van der Waals surface area contributed by atoms with Gasteiger partial charge in [0.15, 0.2) is 9.84 Å².